The highest BCUT2D eigenvalue weighted by Gasteiger charge is 2.05. The van der Waals surface area contributed by atoms with Gasteiger partial charge in [0, 0.05) is 16.6 Å². The van der Waals surface area contributed by atoms with Crippen LogP contribution in [0.3, 0.4) is 0 Å². The minimum atomic E-state index is -0.211. The van der Waals surface area contributed by atoms with Crippen molar-refractivity contribution in [2.45, 2.75) is 26.7 Å². The van der Waals surface area contributed by atoms with Gasteiger partial charge < -0.3 is 14.8 Å². The Labute approximate surface area is 150 Å². The fraction of sp³-hybridized carbons (Fsp3) is 0.263. The van der Waals surface area contributed by atoms with Crippen molar-refractivity contribution in [1.29, 1.82) is 0 Å². The zero-order valence-electron chi connectivity index (χ0n) is 13.8. The Morgan fingerprint density at radius 3 is 2.46 bits per heavy atom. The molecule has 0 unspecified atom stereocenters. The van der Waals surface area contributed by atoms with Crippen molar-refractivity contribution in [2.24, 2.45) is 0 Å². The van der Waals surface area contributed by atoms with Gasteiger partial charge in [-0.2, -0.15) is 0 Å². The highest BCUT2D eigenvalue weighted by molar-refractivity contribution is 9.10. The Morgan fingerprint density at radius 1 is 1.12 bits per heavy atom. The predicted molar refractivity (Wildman–Crippen MR) is 98.4 cm³/mol. The molecule has 5 heteroatoms. The van der Waals surface area contributed by atoms with E-state index in [1.165, 1.54) is 0 Å². The molecule has 0 spiro atoms. The number of hydrogen-bond acceptors (Lipinski definition) is 3. The van der Waals surface area contributed by atoms with E-state index in [1.54, 1.807) is 6.92 Å². The summed E-state index contributed by atoms with van der Waals surface area (Å²) < 4.78 is 6.49. The summed E-state index contributed by atoms with van der Waals surface area (Å²) in [7, 11) is 0. The van der Waals surface area contributed by atoms with E-state index in [9.17, 15) is 9.59 Å². The third-order valence-corrected chi connectivity index (χ3v) is 4.39. The van der Waals surface area contributed by atoms with Crippen molar-refractivity contribution in [1.82, 2.24) is 0 Å². The molecule has 0 fully saturated rings. The van der Waals surface area contributed by atoms with Crippen LogP contribution in [0, 0.1) is 6.92 Å². The number of anilines is 1. The molecule has 0 atom stereocenters. The number of hydrogen-bond donors (Lipinski definition) is 1. The molecule has 0 bridgehead atoms. The molecule has 1 N–H and O–H groups in total. The Bertz CT molecular complexity index is 726. The molecule has 2 aromatic carbocycles. The molecule has 0 saturated carbocycles. The Morgan fingerprint density at radius 2 is 1.83 bits per heavy atom. The average Bonchev–Trinajstić information content (AvgIpc) is 2.55. The number of rotatable bonds is 7. The SMILES string of the molecule is CC(=O)CCc1ccc(OCC(=O)Nc2ccc(Br)c(C)c2)cc1. The lowest BCUT2D eigenvalue weighted by Gasteiger charge is -2.09. The van der Waals surface area contributed by atoms with E-state index in [2.05, 4.69) is 21.2 Å². The van der Waals surface area contributed by atoms with E-state index < -0.39 is 0 Å². The number of ether oxygens (including phenoxy) is 1. The molecular weight excluding hydrogens is 370 g/mol. The number of benzene rings is 2. The standard InChI is InChI=1S/C19H20BrNO3/c1-13-11-16(7-10-18(13)20)21-19(23)12-24-17-8-5-15(6-9-17)4-3-14(2)22/h5-11H,3-4,12H2,1-2H3,(H,21,23). The van der Waals surface area contributed by atoms with Gasteiger partial charge in [0.1, 0.15) is 11.5 Å². The molecule has 0 aromatic heterocycles. The minimum absolute atomic E-state index is 0.0537. The maximum atomic E-state index is 11.9. The lowest BCUT2D eigenvalue weighted by atomic mass is 10.1. The number of amides is 1. The second-order valence-corrected chi connectivity index (χ2v) is 6.50. The topological polar surface area (TPSA) is 55.4 Å². The van der Waals surface area contributed by atoms with Gasteiger partial charge in [-0.3, -0.25) is 4.79 Å². The van der Waals surface area contributed by atoms with Crippen LogP contribution in [0.5, 0.6) is 5.75 Å². The highest BCUT2D eigenvalue weighted by Crippen LogP contribution is 2.20. The molecule has 0 aliphatic rings. The summed E-state index contributed by atoms with van der Waals surface area (Å²) in [5.74, 6) is 0.594. The molecule has 126 valence electrons. The normalized spacial score (nSPS) is 10.3. The van der Waals surface area contributed by atoms with E-state index in [0.29, 0.717) is 12.2 Å². The van der Waals surface area contributed by atoms with E-state index in [0.717, 1.165) is 27.7 Å². The molecule has 0 aliphatic heterocycles. The zero-order chi connectivity index (χ0) is 17.5. The van der Waals surface area contributed by atoms with Crippen molar-refractivity contribution in [3.05, 3.63) is 58.1 Å². The number of ketones is 1. The van der Waals surface area contributed by atoms with Crippen LogP contribution < -0.4 is 10.1 Å². The maximum Gasteiger partial charge on any atom is 0.262 e. The van der Waals surface area contributed by atoms with Gasteiger partial charge >= 0.3 is 0 Å². The fourth-order valence-electron chi connectivity index (χ4n) is 2.14. The largest absolute Gasteiger partial charge is 0.484 e. The number of nitrogens with one attached hydrogen (secondary N) is 1. The maximum absolute atomic E-state index is 11.9. The van der Waals surface area contributed by atoms with Crippen LogP contribution in [-0.4, -0.2) is 18.3 Å². The molecule has 4 nitrogen and oxygen atoms in total. The van der Waals surface area contributed by atoms with Gasteiger partial charge in [-0.1, -0.05) is 28.1 Å². The quantitative estimate of drug-likeness (QED) is 0.767. The van der Waals surface area contributed by atoms with Crippen LogP contribution in [0.1, 0.15) is 24.5 Å². The Kier molecular flexibility index (Phi) is 6.55. The van der Waals surface area contributed by atoms with E-state index in [1.807, 2.05) is 49.4 Å². The van der Waals surface area contributed by atoms with Gasteiger partial charge in [-0.25, -0.2) is 0 Å². The molecule has 24 heavy (non-hydrogen) atoms. The van der Waals surface area contributed by atoms with Crippen LogP contribution in [-0.2, 0) is 16.0 Å². The number of halogens is 1. The molecule has 0 radical (unpaired) electrons. The van der Waals surface area contributed by atoms with E-state index >= 15 is 0 Å². The van der Waals surface area contributed by atoms with Gasteiger partial charge in [0.05, 0.1) is 0 Å². The monoisotopic (exact) mass is 389 g/mol. The molecule has 0 saturated heterocycles. The fourth-order valence-corrected chi connectivity index (χ4v) is 2.39. The van der Waals surface area contributed by atoms with Crippen LogP contribution in [0.4, 0.5) is 5.69 Å². The van der Waals surface area contributed by atoms with Crippen molar-refractivity contribution in [3.63, 3.8) is 0 Å². The summed E-state index contributed by atoms with van der Waals surface area (Å²) in [6, 6.07) is 13.1. The second-order valence-electron chi connectivity index (χ2n) is 5.65. The lowest BCUT2D eigenvalue weighted by Crippen LogP contribution is -2.20. The first-order valence-corrected chi connectivity index (χ1v) is 8.50. The summed E-state index contributed by atoms with van der Waals surface area (Å²) in [5.41, 5.74) is 2.87. The van der Waals surface area contributed by atoms with Crippen LogP contribution in [0.25, 0.3) is 0 Å². The summed E-state index contributed by atoms with van der Waals surface area (Å²) in [6.45, 7) is 3.49. The van der Waals surface area contributed by atoms with Crippen molar-refractivity contribution in [2.75, 3.05) is 11.9 Å². The first-order chi connectivity index (χ1) is 11.4. The predicted octanol–water partition coefficient (Wildman–Crippen LogP) is 4.30. The second kappa shape index (κ2) is 8.64. The number of carbonyl (C=O) groups excluding carboxylic acids is 2. The third-order valence-electron chi connectivity index (χ3n) is 3.50. The Balaban J connectivity index is 1.82. The van der Waals surface area contributed by atoms with Gasteiger partial charge in [-0.15, -0.1) is 0 Å². The third kappa shape index (κ3) is 5.81. The van der Waals surface area contributed by atoms with Crippen molar-refractivity contribution >= 4 is 33.3 Å². The molecule has 0 heterocycles. The van der Waals surface area contributed by atoms with E-state index in [4.69, 9.17) is 4.74 Å². The van der Waals surface area contributed by atoms with Gasteiger partial charge in [0.2, 0.25) is 0 Å². The average molecular weight is 390 g/mol. The first-order valence-electron chi connectivity index (χ1n) is 7.71. The molecule has 2 aromatic rings. The summed E-state index contributed by atoms with van der Waals surface area (Å²) in [5, 5.41) is 2.80. The Hall–Kier alpha value is -2.14. The smallest absolute Gasteiger partial charge is 0.262 e. The van der Waals surface area contributed by atoms with Crippen LogP contribution in [0.2, 0.25) is 0 Å². The van der Waals surface area contributed by atoms with Gasteiger partial charge in [-0.05, 0) is 61.7 Å². The zero-order valence-corrected chi connectivity index (χ0v) is 15.4. The molecule has 1 amide bonds. The number of carbonyl (C=O) groups is 2. The van der Waals surface area contributed by atoms with Crippen LogP contribution in [0.15, 0.2) is 46.9 Å². The highest BCUT2D eigenvalue weighted by atomic mass is 79.9. The summed E-state index contributed by atoms with van der Waals surface area (Å²) in [6.07, 6.45) is 1.26. The van der Waals surface area contributed by atoms with Crippen molar-refractivity contribution in [3.8, 4) is 5.75 Å². The van der Waals surface area contributed by atoms with Crippen LogP contribution >= 0.6 is 15.9 Å². The number of Topliss-reactive ketones (excluding diaryl/α,β-unsaturated/α-hetero) is 1. The summed E-state index contributed by atoms with van der Waals surface area (Å²) in [4.78, 5) is 22.9. The van der Waals surface area contributed by atoms with Gasteiger partial charge in [0.25, 0.3) is 5.91 Å². The minimum Gasteiger partial charge on any atom is -0.484 e. The molecule has 2 rings (SSSR count). The van der Waals surface area contributed by atoms with Gasteiger partial charge in [0.15, 0.2) is 6.61 Å². The lowest BCUT2D eigenvalue weighted by molar-refractivity contribution is -0.118. The van der Waals surface area contributed by atoms with E-state index in [-0.39, 0.29) is 18.3 Å². The first kappa shape index (κ1) is 18.2. The number of aryl methyl sites for hydroxylation is 2. The molecule has 0 aliphatic carbocycles. The molecular formula is C19H20BrNO3. The summed E-state index contributed by atoms with van der Waals surface area (Å²) >= 11 is 3.43. The van der Waals surface area contributed by atoms with Crippen molar-refractivity contribution < 1.29 is 14.3 Å².